The lowest BCUT2D eigenvalue weighted by Crippen LogP contribution is -2.24. The third kappa shape index (κ3) is 3.77. The maximum Gasteiger partial charge on any atom is 0.336 e. The second-order valence-corrected chi connectivity index (χ2v) is 4.19. The molecule has 0 spiro atoms. The van der Waals surface area contributed by atoms with E-state index >= 15 is 0 Å². The summed E-state index contributed by atoms with van der Waals surface area (Å²) in [5, 5.41) is 28.7. The predicted molar refractivity (Wildman–Crippen MR) is 65.7 cm³/mol. The molecule has 0 bridgehead atoms. The standard InChI is InChI=1S/C13H16O6/c1-7-3-4-8(9(5-7)13(17)18)12(16)10(14)6-11(15)19-2/h3-5,10,12,14,16H,6H2,1-2H3,(H,17,18). The van der Waals surface area contributed by atoms with E-state index in [0.29, 0.717) is 0 Å². The number of esters is 1. The summed E-state index contributed by atoms with van der Waals surface area (Å²) in [6.07, 6.45) is -3.30. The molecule has 0 aliphatic heterocycles. The largest absolute Gasteiger partial charge is 0.478 e. The second-order valence-electron chi connectivity index (χ2n) is 4.19. The maximum absolute atomic E-state index is 11.1. The number of carbonyl (C=O) groups excluding carboxylic acids is 1. The summed E-state index contributed by atoms with van der Waals surface area (Å²) < 4.78 is 4.38. The molecule has 19 heavy (non-hydrogen) atoms. The van der Waals surface area contributed by atoms with Crippen LogP contribution in [0.15, 0.2) is 18.2 Å². The molecule has 0 aromatic heterocycles. The number of hydrogen-bond donors (Lipinski definition) is 3. The predicted octanol–water partition coefficient (Wildman–Crippen LogP) is 0.651. The zero-order chi connectivity index (χ0) is 14.6. The molecule has 0 fully saturated rings. The third-order valence-electron chi connectivity index (χ3n) is 2.73. The van der Waals surface area contributed by atoms with E-state index in [9.17, 15) is 19.8 Å². The Morgan fingerprint density at radius 1 is 1.32 bits per heavy atom. The van der Waals surface area contributed by atoms with Crippen molar-refractivity contribution in [3.8, 4) is 0 Å². The molecule has 0 aliphatic rings. The summed E-state index contributed by atoms with van der Waals surface area (Å²) in [5.74, 6) is -1.89. The molecule has 104 valence electrons. The Hall–Kier alpha value is -1.92. The summed E-state index contributed by atoms with van der Waals surface area (Å²) in [4.78, 5) is 22.1. The van der Waals surface area contributed by atoms with E-state index in [1.54, 1.807) is 13.0 Å². The lowest BCUT2D eigenvalue weighted by Gasteiger charge is -2.19. The van der Waals surface area contributed by atoms with Crippen LogP contribution in [0.5, 0.6) is 0 Å². The minimum Gasteiger partial charge on any atom is -0.478 e. The van der Waals surface area contributed by atoms with Crippen LogP contribution in [0.2, 0.25) is 0 Å². The molecule has 1 aromatic rings. The van der Waals surface area contributed by atoms with Crippen molar-refractivity contribution in [1.29, 1.82) is 0 Å². The molecule has 0 saturated heterocycles. The van der Waals surface area contributed by atoms with Crippen molar-refractivity contribution >= 4 is 11.9 Å². The van der Waals surface area contributed by atoms with Gasteiger partial charge in [0.1, 0.15) is 6.10 Å². The Kier molecular flexibility index (Phi) is 5.02. The molecule has 1 rings (SSSR count). The van der Waals surface area contributed by atoms with Gasteiger partial charge in [0, 0.05) is 0 Å². The van der Waals surface area contributed by atoms with Crippen molar-refractivity contribution in [3.05, 3.63) is 34.9 Å². The molecule has 2 atom stereocenters. The van der Waals surface area contributed by atoms with Gasteiger partial charge in [0.15, 0.2) is 0 Å². The van der Waals surface area contributed by atoms with Crippen LogP contribution in [-0.2, 0) is 9.53 Å². The van der Waals surface area contributed by atoms with Crippen LogP contribution in [0.4, 0.5) is 0 Å². The number of rotatable bonds is 5. The highest BCUT2D eigenvalue weighted by Gasteiger charge is 2.25. The van der Waals surface area contributed by atoms with Crippen molar-refractivity contribution in [3.63, 3.8) is 0 Å². The zero-order valence-electron chi connectivity index (χ0n) is 10.7. The van der Waals surface area contributed by atoms with Gasteiger partial charge in [-0.15, -0.1) is 0 Å². The molecular weight excluding hydrogens is 252 g/mol. The average molecular weight is 268 g/mol. The normalized spacial score (nSPS) is 13.7. The Morgan fingerprint density at radius 2 is 1.95 bits per heavy atom. The smallest absolute Gasteiger partial charge is 0.336 e. The van der Waals surface area contributed by atoms with Gasteiger partial charge in [-0.2, -0.15) is 0 Å². The van der Waals surface area contributed by atoms with E-state index in [4.69, 9.17) is 5.11 Å². The number of hydrogen-bond acceptors (Lipinski definition) is 5. The summed E-state index contributed by atoms with van der Waals surface area (Å²) >= 11 is 0. The first kappa shape index (κ1) is 15.1. The van der Waals surface area contributed by atoms with Crippen molar-refractivity contribution in [2.75, 3.05) is 7.11 Å². The van der Waals surface area contributed by atoms with Gasteiger partial charge in [-0.05, 0) is 18.6 Å². The van der Waals surface area contributed by atoms with E-state index in [1.807, 2.05) is 0 Å². The number of aromatic carboxylic acids is 1. The first-order valence-electron chi connectivity index (χ1n) is 5.63. The Bertz CT molecular complexity index is 482. The number of carboxylic acid groups (broad SMARTS) is 1. The van der Waals surface area contributed by atoms with E-state index in [1.165, 1.54) is 12.1 Å². The van der Waals surface area contributed by atoms with Gasteiger partial charge in [-0.1, -0.05) is 17.7 Å². The summed E-state index contributed by atoms with van der Waals surface area (Å²) in [6, 6.07) is 4.44. The maximum atomic E-state index is 11.1. The summed E-state index contributed by atoms with van der Waals surface area (Å²) in [6.45, 7) is 1.72. The number of methoxy groups -OCH3 is 1. The minimum atomic E-state index is -1.47. The van der Waals surface area contributed by atoms with Gasteiger partial charge >= 0.3 is 11.9 Å². The first-order chi connectivity index (χ1) is 8.86. The van der Waals surface area contributed by atoms with Crippen LogP contribution >= 0.6 is 0 Å². The lowest BCUT2D eigenvalue weighted by molar-refractivity contribution is -0.144. The van der Waals surface area contributed by atoms with Crippen LogP contribution in [0.25, 0.3) is 0 Å². The van der Waals surface area contributed by atoms with Crippen LogP contribution < -0.4 is 0 Å². The summed E-state index contributed by atoms with van der Waals surface area (Å²) in [7, 11) is 1.16. The van der Waals surface area contributed by atoms with Crippen LogP contribution in [-0.4, -0.2) is 40.5 Å². The van der Waals surface area contributed by atoms with Crippen molar-refractivity contribution in [2.45, 2.75) is 25.6 Å². The third-order valence-corrected chi connectivity index (χ3v) is 2.73. The number of benzene rings is 1. The molecule has 0 amide bonds. The van der Waals surface area contributed by atoms with Crippen molar-refractivity contribution in [1.82, 2.24) is 0 Å². The molecule has 0 saturated carbocycles. The molecular formula is C13H16O6. The first-order valence-corrected chi connectivity index (χ1v) is 5.63. The zero-order valence-corrected chi connectivity index (χ0v) is 10.7. The van der Waals surface area contributed by atoms with Gasteiger partial charge in [0.05, 0.1) is 25.2 Å². The molecule has 2 unspecified atom stereocenters. The number of carbonyl (C=O) groups is 2. The Balaban J connectivity index is 3.01. The highest BCUT2D eigenvalue weighted by molar-refractivity contribution is 5.89. The highest BCUT2D eigenvalue weighted by Crippen LogP contribution is 2.24. The average Bonchev–Trinajstić information content (AvgIpc) is 2.37. The van der Waals surface area contributed by atoms with Gasteiger partial charge in [-0.3, -0.25) is 4.79 Å². The van der Waals surface area contributed by atoms with E-state index in [2.05, 4.69) is 4.74 Å². The van der Waals surface area contributed by atoms with Crippen LogP contribution in [0.3, 0.4) is 0 Å². The monoisotopic (exact) mass is 268 g/mol. The quantitative estimate of drug-likeness (QED) is 0.677. The fourth-order valence-corrected chi connectivity index (χ4v) is 1.69. The van der Waals surface area contributed by atoms with Gasteiger partial charge in [0.25, 0.3) is 0 Å². The molecule has 0 radical (unpaired) electrons. The number of aliphatic hydroxyl groups excluding tert-OH is 2. The Labute approximate surface area is 110 Å². The molecule has 6 heteroatoms. The lowest BCUT2D eigenvalue weighted by atomic mass is 9.95. The minimum absolute atomic E-state index is 0.0644. The van der Waals surface area contributed by atoms with Gasteiger partial charge in [0.2, 0.25) is 0 Å². The second kappa shape index (κ2) is 6.31. The molecule has 3 N–H and O–H groups in total. The van der Waals surface area contributed by atoms with E-state index in [-0.39, 0.29) is 11.1 Å². The number of ether oxygens (including phenoxy) is 1. The number of carboxylic acids is 1. The fourth-order valence-electron chi connectivity index (χ4n) is 1.69. The van der Waals surface area contributed by atoms with Crippen LogP contribution in [0.1, 0.15) is 34.0 Å². The van der Waals surface area contributed by atoms with E-state index in [0.717, 1.165) is 12.7 Å². The number of aliphatic hydroxyl groups is 2. The van der Waals surface area contributed by atoms with Crippen molar-refractivity contribution in [2.24, 2.45) is 0 Å². The van der Waals surface area contributed by atoms with Gasteiger partial charge in [-0.25, -0.2) is 4.79 Å². The molecule has 1 aromatic carbocycles. The molecule has 0 aliphatic carbocycles. The van der Waals surface area contributed by atoms with Crippen molar-refractivity contribution < 1.29 is 29.6 Å². The van der Waals surface area contributed by atoms with Gasteiger partial charge < -0.3 is 20.1 Å². The summed E-state index contributed by atoms with van der Waals surface area (Å²) in [5.41, 5.74) is 0.682. The Morgan fingerprint density at radius 3 is 2.47 bits per heavy atom. The van der Waals surface area contributed by atoms with E-state index < -0.39 is 30.6 Å². The highest BCUT2D eigenvalue weighted by atomic mass is 16.5. The number of aryl methyl sites for hydroxylation is 1. The topological polar surface area (TPSA) is 104 Å². The molecule has 0 heterocycles. The molecule has 6 nitrogen and oxygen atoms in total. The SMILES string of the molecule is COC(=O)CC(O)C(O)c1ccc(C)cc1C(=O)O. The van der Waals surface area contributed by atoms with Crippen LogP contribution in [0, 0.1) is 6.92 Å². The fraction of sp³-hybridized carbons (Fsp3) is 0.385.